The van der Waals surface area contributed by atoms with E-state index in [4.69, 9.17) is 4.74 Å². The third-order valence-corrected chi connectivity index (χ3v) is 5.43. The average molecular weight is 325 g/mol. The summed E-state index contributed by atoms with van der Waals surface area (Å²) in [4.78, 5) is 14.8. The zero-order valence-electron chi connectivity index (χ0n) is 15.8. The first kappa shape index (κ1) is 18.6. The van der Waals surface area contributed by atoms with Crippen molar-refractivity contribution in [2.24, 2.45) is 0 Å². The first-order valence-electron chi connectivity index (χ1n) is 9.52. The lowest BCUT2D eigenvalue weighted by atomic mass is 9.73. The van der Waals surface area contributed by atoms with Crippen LogP contribution in [0.5, 0.6) is 0 Å². The van der Waals surface area contributed by atoms with Crippen LogP contribution in [0.3, 0.4) is 0 Å². The number of hydrogen-bond donors (Lipinski definition) is 1. The van der Waals surface area contributed by atoms with E-state index >= 15 is 0 Å². The largest absolute Gasteiger partial charge is 0.444 e. The molecule has 2 aliphatic rings. The van der Waals surface area contributed by atoms with Crippen LogP contribution in [0, 0.1) is 0 Å². The summed E-state index contributed by atoms with van der Waals surface area (Å²) < 4.78 is 5.71. The van der Waals surface area contributed by atoms with Gasteiger partial charge in [-0.05, 0) is 59.8 Å². The SMILES string of the molecule is CCC(C)NC1CCN(C(=O)OC(C)(C)C)C2(CCCCC2)C1. The molecule has 1 amide bonds. The van der Waals surface area contributed by atoms with Gasteiger partial charge < -0.3 is 15.0 Å². The maximum Gasteiger partial charge on any atom is 0.410 e. The maximum atomic E-state index is 12.8. The second kappa shape index (κ2) is 7.42. The molecule has 0 bridgehead atoms. The Morgan fingerprint density at radius 3 is 2.52 bits per heavy atom. The number of rotatable bonds is 3. The number of likely N-dealkylation sites (tertiary alicyclic amines) is 1. The van der Waals surface area contributed by atoms with E-state index in [9.17, 15) is 4.79 Å². The minimum Gasteiger partial charge on any atom is -0.444 e. The molecule has 1 saturated heterocycles. The second-order valence-corrected chi connectivity index (χ2v) is 8.58. The van der Waals surface area contributed by atoms with Gasteiger partial charge in [0.2, 0.25) is 0 Å². The Labute approximate surface area is 142 Å². The third kappa shape index (κ3) is 4.85. The molecule has 0 aromatic rings. The number of nitrogens with zero attached hydrogens (tertiary/aromatic N) is 1. The average Bonchev–Trinajstić information content (AvgIpc) is 2.46. The van der Waals surface area contributed by atoms with Crippen LogP contribution in [0.25, 0.3) is 0 Å². The summed E-state index contributed by atoms with van der Waals surface area (Å²) in [6, 6.07) is 1.08. The molecule has 2 fully saturated rings. The van der Waals surface area contributed by atoms with Gasteiger partial charge >= 0.3 is 6.09 Å². The van der Waals surface area contributed by atoms with Crippen LogP contribution >= 0.6 is 0 Å². The molecule has 2 unspecified atom stereocenters. The summed E-state index contributed by atoms with van der Waals surface area (Å²) in [6.45, 7) is 11.2. The fourth-order valence-electron chi connectivity index (χ4n) is 4.14. The zero-order valence-corrected chi connectivity index (χ0v) is 15.8. The molecule has 1 N–H and O–H groups in total. The quantitative estimate of drug-likeness (QED) is 0.832. The molecule has 1 saturated carbocycles. The van der Waals surface area contributed by atoms with Gasteiger partial charge in [-0.25, -0.2) is 4.79 Å². The predicted molar refractivity (Wildman–Crippen MR) is 94.7 cm³/mol. The van der Waals surface area contributed by atoms with Gasteiger partial charge in [-0.15, -0.1) is 0 Å². The Morgan fingerprint density at radius 2 is 1.96 bits per heavy atom. The highest BCUT2D eigenvalue weighted by Gasteiger charge is 2.46. The van der Waals surface area contributed by atoms with Crippen molar-refractivity contribution in [3.63, 3.8) is 0 Å². The van der Waals surface area contributed by atoms with Crippen molar-refractivity contribution >= 4 is 6.09 Å². The lowest BCUT2D eigenvalue weighted by molar-refractivity contribution is -0.0336. The summed E-state index contributed by atoms with van der Waals surface area (Å²) in [5, 5.41) is 3.77. The third-order valence-electron chi connectivity index (χ3n) is 5.43. The van der Waals surface area contributed by atoms with E-state index in [2.05, 4.69) is 24.1 Å². The molecule has 4 heteroatoms. The van der Waals surface area contributed by atoms with Crippen LogP contribution in [0.1, 0.15) is 86.0 Å². The van der Waals surface area contributed by atoms with Crippen molar-refractivity contribution in [3.8, 4) is 0 Å². The Balaban J connectivity index is 2.11. The number of hydrogen-bond acceptors (Lipinski definition) is 3. The fraction of sp³-hybridized carbons (Fsp3) is 0.947. The first-order valence-corrected chi connectivity index (χ1v) is 9.52. The van der Waals surface area contributed by atoms with Crippen LogP contribution in [-0.4, -0.2) is 40.8 Å². The van der Waals surface area contributed by atoms with E-state index in [0.29, 0.717) is 12.1 Å². The second-order valence-electron chi connectivity index (χ2n) is 8.58. The van der Waals surface area contributed by atoms with Gasteiger partial charge in [-0.1, -0.05) is 26.2 Å². The molecule has 2 rings (SSSR count). The minimum absolute atomic E-state index is 0.0178. The number of piperidine rings is 1. The summed E-state index contributed by atoms with van der Waals surface area (Å²) in [5.74, 6) is 0. The van der Waals surface area contributed by atoms with Crippen molar-refractivity contribution in [1.82, 2.24) is 10.2 Å². The molecule has 2 atom stereocenters. The molecule has 0 aromatic carbocycles. The van der Waals surface area contributed by atoms with Crippen LogP contribution in [-0.2, 0) is 4.74 Å². The Hall–Kier alpha value is -0.770. The van der Waals surface area contributed by atoms with E-state index in [-0.39, 0.29) is 11.6 Å². The first-order chi connectivity index (χ1) is 10.8. The Kier molecular flexibility index (Phi) is 5.99. The summed E-state index contributed by atoms with van der Waals surface area (Å²) in [6.07, 6.45) is 9.18. The smallest absolute Gasteiger partial charge is 0.410 e. The predicted octanol–water partition coefficient (Wildman–Crippen LogP) is 4.48. The highest BCUT2D eigenvalue weighted by atomic mass is 16.6. The van der Waals surface area contributed by atoms with Gasteiger partial charge in [0, 0.05) is 24.2 Å². The van der Waals surface area contributed by atoms with Crippen LogP contribution in [0.2, 0.25) is 0 Å². The fourth-order valence-corrected chi connectivity index (χ4v) is 4.14. The highest BCUT2D eigenvalue weighted by Crippen LogP contribution is 2.41. The summed E-state index contributed by atoms with van der Waals surface area (Å²) in [5.41, 5.74) is -0.400. The molecule has 1 aliphatic carbocycles. The van der Waals surface area contributed by atoms with Crippen molar-refractivity contribution in [2.45, 2.75) is 109 Å². The molecular formula is C19H36N2O2. The van der Waals surface area contributed by atoms with Crippen molar-refractivity contribution < 1.29 is 9.53 Å². The van der Waals surface area contributed by atoms with Crippen molar-refractivity contribution in [3.05, 3.63) is 0 Å². The van der Waals surface area contributed by atoms with Crippen LogP contribution < -0.4 is 5.32 Å². The standard InChI is InChI=1S/C19H36N2O2/c1-6-15(2)20-16-10-13-21(17(22)23-18(3,4)5)19(14-16)11-8-7-9-12-19/h15-16,20H,6-14H2,1-5H3. The molecule has 1 heterocycles. The molecule has 4 nitrogen and oxygen atoms in total. The van der Waals surface area contributed by atoms with Gasteiger partial charge in [0.25, 0.3) is 0 Å². The lowest BCUT2D eigenvalue weighted by Gasteiger charge is -2.52. The van der Waals surface area contributed by atoms with Gasteiger partial charge in [0.1, 0.15) is 5.60 Å². The lowest BCUT2D eigenvalue weighted by Crippen LogP contribution is -2.61. The summed E-state index contributed by atoms with van der Waals surface area (Å²) in [7, 11) is 0. The van der Waals surface area contributed by atoms with Crippen LogP contribution in [0.4, 0.5) is 4.79 Å². The number of carbonyl (C=O) groups excluding carboxylic acids is 1. The van der Waals surface area contributed by atoms with Crippen molar-refractivity contribution in [1.29, 1.82) is 0 Å². The molecule has 1 spiro atoms. The monoisotopic (exact) mass is 324 g/mol. The van der Waals surface area contributed by atoms with Gasteiger partial charge in [-0.2, -0.15) is 0 Å². The zero-order chi connectivity index (χ0) is 17.1. The topological polar surface area (TPSA) is 41.6 Å². The van der Waals surface area contributed by atoms with E-state index in [1.54, 1.807) is 0 Å². The molecular weight excluding hydrogens is 288 g/mol. The van der Waals surface area contributed by atoms with Crippen LogP contribution in [0.15, 0.2) is 0 Å². The van der Waals surface area contributed by atoms with Gasteiger partial charge in [0.05, 0.1) is 0 Å². The number of carbonyl (C=O) groups is 1. The van der Waals surface area contributed by atoms with E-state index in [1.165, 1.54) is 19.3 Å². The Bertz CT molecular complexity index is 397. The van der Waals surface area contributed by atoms with Gasteiger partial charge in [-0.3, -0.25) is 0 Å². The maximum absolute atomic E-state index is 12.8. The highest BCUT2D eigenvalue weighted by molar-refractivity contribution is 5.69. The van der Waals surface area contributed by atoms with E-state index in [0.717, 1.165) is 38.6 Å². The number of nitrogens with one attached hydrogen (secondary N) is 1. The molecule has 134 valence electrons. The van der Waals surface area contributed by atoms with Crippen molar-refractivity contribution in [2.75, 3.05) is 6.54 Å². The van der Waals surface area contributed by atoms with E-state index < -0.39 is 5.60 Å². The summed E-state index contributed by atoms with van der Waals surface area (Å²) >= 11 is 0. The number of amides is 1. The molecule has 0 aromatic heterocycles. The molecule has 1 aliphatic heterocycles. The van der Waals surface area contributed by atoms with E-state index in [1.807, 2.05) is 20.8 Å². The Morgan fingerprint density at radius 1 is 1.30 bits per heavy atom. The number of ether oxygens (including phenoxy) is 1. The molecule has 0 radical (unpaired) electrons. The normalized spacial score (nSPS) is 26.1. The minimum atomic E-state index is -0.418. The molecule has 23 heavy (non-hydrogen) atoms. The van der Waals surface area contributed by atoms with Gasteiger partial charge in [0.15, 0.2) is 0 Å².